The summed E-state index contributed by atoms with van der Waals surface area (Å²) in [4.78, 5) is 57.3. The first-order chi connectivity index (χ1) is 37.4. The molecule has 1 unspecified atom stereocenters. The summed E-state index contributed by atoms with van der Waals surface area (Å²) >= 11 is 0. The number of carbonyl (C=O) groups is 2. The van der Waals surface area contributed by atoms with Crippen LogP contribution in [-0.4, -0.2) is 116 Å². The summed E-state index contributed by atoms with van der Waals surface area (Å²) in [6.45, 7) is 9.22. The third-order valence-corrected chi connectivity index (χ3v) is 13.6. The minimum absolute atomic E-state index is 0.0532. The average Bonchev–Trinajstić information content (AvgIpc) is 4.21. The molecular weight excluding hydrogens is 1020 g/mol. The highest BCUT2D eigenvalue weighted by atomic mass is 19.1. The topological polar surface area (TPSA) is 294 Å². The van der Waals surface area contributed by atoms with Gasteiger partial charge in [0.25, 0.3) is 6.33 Å². The van der Waals surface area contributed by atoms with E-state index in [0.717, 1.165) is 43.6 Å². The molecule has 6 aromatic rings. The lowest BCUT2D eigenvalue weighted by molar-refractivity contribution is -0.753. The number of carbonyl (C=O) groups excluding carboxylic acids is 2. The lowest BCUT2D eigenvalue weighted by Gasteiger charge is -2.37. The zero-order valence-electron chi connectivity index (χ0n) is 43.8. The molecule has 2 fully saturated rings. The molecule has 0 radical (unpaired) electrons. The van der Waals surface area contributed by atoms with Crippen LogP contribution in [0.3, 0.4) is 0 Å². The van der Waals surface area contributed by atoms with Gasteiger partial charge in [-0.25, -0.2) is 32.6 Å². The van der Waals surface area contributed by atoms with Crippen LogP contribution in [0.15, 0.2) is 109 Å². The normalized spacial score (nSPS) is 17.8. The fourth-order valence-corrected chi connectivity index (χ4v) is 9.46. The number of nitrogens with two attached hydrogens (primary N) is 2. The Morgan fingerprint density at radius 3 is 2.28 bits per heavy atom. The van der Waals surface area contributed by atoms with Crippen LogP contribution in [0.1, 0.15) is 69.9 Å². The molecule has 3 aromatic carbocycles. The van der Waals surface area contributed by atoms with E-state index in [1.54, 1.807) is 41.6 Å². The standard InChI is InChI=1S/C52H65F2N12O8.NO3/c1-5-47(35(2)67)66-50(69)65(33-59-66)42-13-11-40(12-14-42)61-22-24-62(25-23-61)41-15-17-43(18-16-41)71-28-37-27-52(73-29-37,44-19-10-39(53)26-45(44)54)31-64-34-63(32-58-64)36(3)74-51(70)60(4)48-38(8-7-21-57-48)30-72-49(68)46(56)9-6-20-55;2-1(3)4/h7-8,10-19,21,26,32-37,46-47,67H,5-6,9,20,22-25,27-31,55-56H2,1-4H3;/q+1;-1/t35-,36?,37+,46-,47-,52-;/m0./s1. The second-order valence-electron chi connectivity index (χ2n) is 19.0. The molecule has 1 amide bonds. The van der Waals surface area contributed by atoms with Gasteiger partial charge in [0.2, 0.25) is 12.6 Å². The Labute approximate surface area is 448 Å². The van der Waals surface area contributed by atoms with E-state index in [2.05, 4.69) is 25.0 Å². The molecule has 26 heteroatoms. The number of piperazine rings is 1. The Bertz CT molecular complexity index is 3000. The fourth-order valence-electron chi connectivity index (χ4n) is 9.46. The number of pyridine rings is 1. The van der Waals surface area contributed by atoms with Crippen LogP contribution in [0.5, 0.6) is 5.75 Å². The molecule has 2 saturated heterocycles. The predicted octanol–water partition coefficient (Wildman–Crippen LogP) is 4.52. The fraction of sp³-hybridized carbons (Fsp3) is 0.442. The Hall–Kier alpha value is -8.07. The van der Waals surface area contributed by atoms with E-state index >= 15 is 4.39 Å². The molecule has 6 atom stereocenters. The van der Waals surface area contributed by atoms with Crippen molar-refractivity contribution >= 4 is 29.3 Å². The quantitative estimate of drug-likeness (QED) is 0.0386. The molecule has 24 nitrogen and oxygen atoms in total. The molecule has 0 bridgehead atoms. The van der Waals surface area contributed by atoms with Crippen molar-refractivity contribution < 1.29 is 52.1 Å². The third-order valence-electron chi connectivity index (χ3n) is 13.6. The second kappa shape index (κ2) is 26.3. The largest absolute Gasteiger partial charge is 0.493 e. The summed E-state index contributed by atoms with van der Waals surface area (Å²) in [5.41, 5.74) is 13.4. The minimum Gasteiger partial charge on any atom is -0.493 e. The number of ether oxygens (including phenoxy) is 4. The van der Waals surface area contributed by atoms with Gasteiger partial charge in [-0.1, -0.05) is 19.1 Å². The first kappa shape index (κ1) is 57.6. The molecule has 0 saturated carbocycles. The number of aromatic nitrogens is 7. The number of benzene rings is 3. The van der Waals surface area contributed by atoms with E-state index in [1.807, 2.05) is 55.5 Å². The minimum atomic E-state index is -1.75. The number of amides is 1. The SMILES string of the molecule is CC[C@@H]([C@H](C)O)n1ncn(-c2ccc(N3CCN(c4ccc(OC[C@@H]5CO[C@@](Cn6c[n+](C(C)OC(=O)N(C)c7ncccc7COC(=O)[C@@H](N)CCCN)cn6)(c6ccc(F)cc6F)C5)cc4)CC3)cc2)c1=O.O=[N+]([O-])[O-]. The summed E-state index contributed by atoms with van der Waals surface area (Å²) in [6, 6.07) is 21.3. The molecule has 0 aliphatic carbocycles. The van der Waals surface area contributed by atoms with Gasteiger partial charge >= 0.3 is 17.8 Å². The third kappa shape index (κ3) is 14.3. The van der Waals surface area contributed by atoms with Crippen LogP contribution in [0, 0.1) is 32.9 Å². The molecule has 418 valence electrons. The van der Waals surface area contributed by atoms with Crippen molar-refractivity contribution in [3.05, 3.63) is 153 Å². The summed E-state index contributed by atoms with van der Waals surface area (Å²) in [7, 11) is 1.48. The van der Waals surface area contributed by atoms with Crippen molar-refractivity contribution in [2.75, 3.05) is 67.7 Å². The first-order valence-electron chi connectivity index (χ1n) is 25.4. The smallest absolute Gasteiger partial charge is 0.418 e. The van der Waals surface area contributed by atoms with Crippen LogP contribution in [0.4, 0.5) is 30.8 Å². The maximum Gasteiger partial charge on any atom is 0.418 e. The number of hydrogen-bond donors (Lipinski definition) is 3. The number of aliphatic hydroxyl groups is 1. The van der Waals surface area contributed by atoms with E-state index in [4.69, 9.17) is 45.7 Å². The number of esters is 1. The highest BCUT2D eigenvalue weighted by Crippen LogP contribution is 2.42. The van der Waals surface area contributed by atoms with Gasteiger partial charge in [0.05, 0.1) is 36.1 Å². The van der Waals surface area contributed by atoms with E-state index in [0.29, 0.717) is 49.2 Å². The zero-order valence-corrected chi connectivity index (χ0v) is 43.8. The van der Waals surface area contributed by atoms with Gasteiger partial charge in [-0.05, 0) is 99.8 Å². The highest BCUT2D eigenvalue weighted by Gasteiger charge is 2.46. The lowest BCUT2D eigenvalue weighted by atomic mass is 9.87. The summed E-state index contributed by atoms with van der Waals surface area (Å²) in [6.07, 6.45) is 5.65. The maximum atomic E-state index is 15.6. The molecular formula is C52H65F2N13O11. The van der Waals surface area contributed by atoms with E-state index in [-0.39, 0.29) is 49.4 Å². The van der Waals surface area contributed by atoms with Gasteiger partial charge < -0.3 is 60.6 Å². The molecule has 2 aliphatic rings. The first-order valence-corrected chi connectivity index (χ1v) is 25.4. The zero-order chi connectivity index (χ0) is 56.1. The molecule has 78 heavy (non-hydrogen) atoms. The predicted molar refractivity (Wildman–Crippen MR) is 280 cm³/mol. The van der Waals surface area contributed by atoms with Gasteiger partial charge in [-0.15, -0.1) is 4.68 Å². The Balaban J connectivity index is 0.00000213. The Morgan fingerprint density at radius 1 is 1.00 bits per heavy atom. The molecule has 0 spiro atoms. The van der Waals surface area contributed by atoms with Gasteiger partial charge in [-0.3, -0.25) is 9.69 Å². The Morgan fingerprint density at radius 2 is 1.65 bits per heavy atom. The van der Waals surface area contributed by atoms with Crippen molar-refractivity contribution in [3.63, 3.8) is 0 Å². The maximum absolute atomic E-state index is 15.6. The Kier molecular flexibility index (Phi) is 19.4. The van der Waals surface area contributed by atoms with Gasteiger partial charge in [0, 0.05) is 85.9 Å². The van der Waals surface area contributed by atoms with Crippen LogP contribution in [-0.2, 0) is 37.8 Å². The van der Waals surface area contributed by atoms with E-state index in [9.17, 15) is 23.9 Å². The van der Waals surface area contributed by atoms with Crippen LogP contribution in [0.2, 0.25) is 0 Å². The summed E-state index contributed by atoms with van der Waals surface area (Å²) in [5.74, 6) is -1.32. The van der Waals surface area contributed by atoms with Crippen molar-refractivity contribution in [2.24, 2.45) is 17.4 Å². The van der Waals surface area contributed by atoms with Gasteiger partial charge in [-0.2, -0.15) is 9.67 Å². The van der Waals surface area contributed by atoms with Gasteiger partial charge in [0.15, 0.2) is 0 Å². The molecule has 5 N–H and O–H groups in total. The lowest BCUT2D eigenvalue weighted by Crippen LogP contribution is -2.46. The van der Waals surface area contributed by atoms with Crippen LogP contribution in [0.25, 0.3) is 5.69 Å². The van der Waals surface area contributed by atoms with Crippen molar-refractivity contribution in [1.29, 1.82) is 0 Å². The summed E-state index contributed by atoms with van der Waals surface area (Å²) in [5, 5.41) is 33.6. The van der Waals surface area contributed by atoms with Gasteiger partial charge in [0.1, 0.15) is 54.3 Å². The monoisotopic (exact) mass is 1090 g/mol. The van der Waals surface area contributed by atoms with E-state index < -0.39 is 58.8 Å². The number of halogens is 2. The second-order valence-corrected chi connectivity index (χ2v) is 19.0. The number of aliphatic hydroxyl groups excluding tert-OH is 1. The molecule has 3 aromatic heterocycles. The van der Waals surface area contributed by atoms with E-state index in [1.165, 1.54) is 52.2 Å². The molecule has 5 heterocycles. The number of rotatable bonds is 21. The highest BCUT2D eigenvalue weighted by molar-refractivity contribution is 5.86. The number of anilines is 3. The summed E-state index contributed by atoms with van der Waals surface area (Å²) < 4.78 is 59.7. The average molecular weight is 1090 g/mol. The number of nitrogens with zero attached hydrogens (tertiary/aromatic N) is 11. The molecule has 8 rings (SSSR count). The van der Waals surface area contributed by atoms with Crippen molar-refractivity contribution in [3.8, 4) is 11.4 Å². The molecule has 2 aliphatic heterocycles. The van der Waals surface area contributed by atoms with Crippen molar-refractivity contribution in [1.82, 2.24) is 29.1 Å². The van der Waals surface area contributed by atoms with Crippen LogP contribution >= 0.6 is 0 Å². The van der Waals surface area contributed by atoms with Crippen molar-refractivity contribution in [2.45, 2.75) is 89.6 Å². The number of hydrogen-bond acceptors (Lipinski definition) is 18. The van der Waals surface area contributed by atoms with Crippen LogP contribution < -0.4 is 41.2 Å².